The van der Waals surface area contributed by atoms with Crippen molar-refractivity contribution in [1.82, 2.24) is 13.7 Å². The highest BCUT2D eigenvalue weighted by Gasteiger charge is 2.15. The van der Waals surface area contributed by atoms with Crippen LogP contribution in [0.1, 0.15) is 97.3 Å². The molecule has 0 amide bonds. The molecule has 0 radical (unpaired) electrons. The van der Waals surface area contributed by atoms with Crippen molar-refractivity contribution < 1.29 is 9.47 Å². The Hall–Kier alpha value is -3.01. The summed E-state index contributed by atoms with van der Waals surface area (Å²) in [5.74, 6) is 0.668. The Morgan fingerprint density at radius 2 is 0.917 bits per heavy atom. The molecule has 0 fully saturated rings. The van der Waals surface area contributed by atoms with Crippen molar-refractivity contribution in [3.8, 4) is 12.5 Å². The van der Waals surface area contributed by atoms with Crippen LogP contribution in [0.5, 0.6) is 0 Å². The zero-order chi connectivity index (χ0) is 26.6. The molecule has 0 aromatic carbocycles. The van der Waals surface area contributed by atoms with Crippen LogP contribution >= 0.6 is 0 Å². The SMILES string of the molecule is CC(C)CCCCCCn1c(=O)n(CCCCCCOC#N)c(=O)n(CCCCCCOC#N)c1=O. The van der Waals surface area contributed by atoms with Crippen LogP contribution in [0.25, 0.3) is 0 Å². The summed E-state index contributed by atoms with van der Waals surface area (Å²) in [5, 5.41) is 16.8. The molecule has 10 heteroatoms. The van der Waals surface area contributed by atoms with Crippen LogP contribution in [0.15, 0.2) is 14.4 Å². The van der Waals surface area contributed by atoms with Gasteiger partial charge in [0, 0.05) is 19.6 Å². The van der Waals surface area contributed by atoms with Gasteiger partial charge < -0.3 is 9.47 Å². The second-order valence-electron chi connectivity index (χ2n) is 9.61. The van der Waals surface area contributed by atoms with E-state index in [1.54, 1.807) is 12.5 Å². The normalized spacial score (nSPS) is 10.8. The summed E-state index contributed by atoms with van der Waals surface area (Å²) in [6.45, 7) is 5.98. The maximum atomic E-state index is 13.1. The maximum Gasteiger partial charge on any atom is 0.336 e. The topological polar surface area (TPSA) is 132 Å². The Morgan fingerprint density at radius 3 is 1.25 bits per heavy atom. The highest BCUT2D eigenvalue weighted by molar-refractivity contribution is 4.79. The van der Waals surface area contributed by atoms with Crippen LogP contribution in [-0.2, 0) is 29.1 Å². The van der Waals surface area contributed by atoms with E-state index in [0.717, 1.165) is 64.2 Å². The van der Waals surface area contributed by atoms with Gasteiger partial charge in [-0.2, -0.15) is 10.5 Å². The molecule has 0 atom stereocenters. The van der Waals surface area contributed by atoms with E-state index in [1.807, 2.05) is 0 Å². The van der Waals surface area contributed by atoms with E-state index >= 15 is 0 Å². The van der Waals surface area contributed by atoms with Gasteiger partial charge in [0.05, 0.1) is 0 Å². The molecule has 0 unspecified atom stereocenters. The van der Waals surface area contributed by atoms with Crippen molar-refractivity contribution in [3.63, 3.8) is 0 Å². The minimum absolute atomic E-state index is 0.261. The zero-order valence-corrected chi connectivity index (χ0v) is 22.1. The molecule has 0 aliphatic heterocycles. The molecule has 1 aromatic heterocycles. The summed E-state index contributed by atoms with van der Waals surface area (Å²) < 4.78 is 13.0. The standard InChI is InChI=1S/C26H43N5O5/c1-23(2)15-9-3-4-10-16-29-24(32)30(17-11-5-7-13-19-35-21-27)26(34)31(25(29)33)18-12-6-8-14-20-36-22-28/h23H,3-20H2,1-2H3. The molecular formula is C26H43N5O5. The van der Waals surface area contributed by atoms with E-state index in [4.69, 9.17) is 10.5 Å². The van der Waals surface area contributed by atoms with Gasteiger partial charge in [0.25, 0.3) is 12.5 Å². The Morgan fingerprint density at radius 1 is 0.583 bits per heavy atom. The Labute approximate surface area is 214 Å². The number of rotatable bonds is 21. The summed E-state index contributed by atoms with van der Waals surface area (Å²) in [4.78, 5) is 39.2. The second-order valence-corrected chi connectivity index (χ2v) is 9.61. The van der Waals surface area contributed by atoms with Gasteiger partial charge in [0.2, 0.25) is 0 Å². The predicted octanol–water partition coefficient (Wildman–Crippen LogP) is 3.89. The summed E-state index contributed by atoms with van der Waals surface area (Å²) in [6, 6.07) is 0. The lowest BCUT2D eigenvalue weighted by Crippen LogP contribution is -2.54. The first-order chi connectivity index (χ1) is 17.4. The molecule has 0 N–H and O–H groups in total. The highest BCUT2D eigenvalue weighted by Crippen LogP contribution is 2.09. The minimum atomic E-state index is -0.543. The molecule has 36 heavy (non-hydrogen) atoms. The van der Waals surface area contributed by atoms with Crippen molar-refractivity contribution in [2.75, 3.05) is 13.2 Å². The molecule has 0 aliphatic carbocycles. The largest absolute Gasteiger partial charge is 0.428 e. The lowest BCUT2D eigenvalue weighted by Gasteiger charge is -2.14. The molecule has 202 valence electrons. The molecular weight excluding hydrogens is 462 g/mol. The summed E-state index contributed by atoms with van der Waals surface area (Å²) in [5.41, 5.74) is -1.59. The monoisotopic (exact) mass is 505 g/mol. The number of nitrogens with zero attached hydrogens (tertiary/aromatic N) is 5. The summed E-state index contributed by atoms with van der Waals surface area (Å²) >= 11 is 0. The van der Waals surface area contributed by atoms with Gasteiger partial charge >= 0.3 is 17.1 Å². The van der Waals surface area contributed by atoms with Crippen molar-refractivity contribution in [2.45, 2.75) is 117 Å². The summed E-state index contributed by atoms with van der Waals surface area (Å²) in [6.07, 6.45) is 14.3. The summed E-state index contributed by atoms with van der Waals surface area (Å²) in [7, 11) is 0. The van der Waals surface area contributed by atoms with Crippen molar-refractivity contribution >= 4 is 0 Å². The average Bonchev–Trinajstić information content (AvgIpc) is 2.85. The molecule has 1 heterocycles. The first-order valence-corrected chi connectivity index (χ1v) is 13.4. The fraction of sp³-hybridized carbons (Fsp3) is 0.808. The molecule has 0 spiro atoms. The van der Waals surface area contributed by atoms with Crippen LogP contribution in [-0.4, -0.2) is 26.9 Å². The lowest BCUT2D eigenvalue weighted by molar-refractivity contribution is 0.259. The van der Waals surface area contributed by atoms with Gasteiger partial charge in [-0.1, -0.05) is 52.4 Å². The number of hydrogen-bond donors (Lipinski definition) is 0. The quantitative estimate of drug-likeness (QED) is 0.183. The Kier molecular flexibility index (Phi) is 16.6. The smallest absolute Gasteiger partial charge is 0.336 e. The van der Waals surface area contributed by atoms with Gasteiger partial charge in [-0.3, -0.25) is 0 Å². The third kappa shape index (κ3) is 12.1. The number of nitriles is 2. The van der Waals surface area contributed by atoms with Crippen LogP contribution < -0.4 is 17.1 Å². The fourth-order valence-corrected chi connectivity index (χ4v) is 4.12. The molecule has 0 aliphatic rings. The third-order valence-corrected chi connectivity index (χ3v) is 6.18. The second kappa shape index (κ2) is 19.2. The molecule has 0 saturated heterocycles. The van der Waals surface area contributed by atoms with E-state index in [2.05, 4.69) is 23.3 Å². The fourth-order valence-electron chi connectivity index (χ4n) is 4.12. The average molecular weight is 506 g/mol. The first-order valence-electron chi connectivity index (χ1n) is 13.4. The van der Waals surface area contributed by atoms with E-state index in [1.165, 1.54) is 20.1 Å². The van der Waals surface area contributed by atoms with E-state index < -0.39 is 17.1 Å². The highest BCUT2D eigenvalue weighted by atomic mass is 16.5. The molecule has 10 nitrogen and oxygen atoms in total. The van der Waals surface area contributed by atoms with Gasteiger partial charge in [0.15, 0.2) is 0 Å². The van der Waals surface area contributed by atoms with Gasteiger partial charge in [-0.05, 0) is 50.9 Å². The van der Waals surface area contributed by atoms with Crippen molar-refractivity contribution in [2.24, 2.45) is 5.92 Å². The number of aromatic nitrogens is 3. The lowest BCUT2D eigenvalue weighted by atomic mass is 10.0. The molecule has 0 bridgehead atoms. The van der Waals surface area contributed by atoms with Gasteiger partial charge in [-0.15, -0.1) is 0 Å². The number of unbranched alkanes of at least 4 members (excludes halogenated alkanes) is 9. The third-order valence-electron chi connectivity index (χ3n) is 6.18. The van der Waals surface area contributed by atoms with Crippen LogP contribution in [0.2, 0.25) is 0 Å². The Bertz CT molecular complexity index is 930. The zero-order valence-electron chi connectivity index (χ0n) is 22.1. The van der Waals surface area contributed by atoms with E-state index in [-0.39, 0.29) is 13.1 Å². The van der Waals surface area contributed by atoms with Crippen LogP contribution in [0.4, 0.5) is 0 Å². The predicted molar refractivity (Wildman–Crippen MR) is 137 cm³/mol. The van der Waals surface area contributed by atoms with Crippen LogP contribution in [0, 0.1) is 29.0 Å². The first kappa shape index (κ1) is 31.0. The van der Waals surface area contributed by atoms with E-state index in [9.17, 15) is 14.4 Å². The molecule has 1 aromatic rings. The Balaban J connectivity index is 2.85. The van der Waals surface area contributed by atoms with Gasteiger partial charge in [-0.25, -0.2) is 28.1 Å². The van der Waals surface area contributed by atoms with Crippen molar-refractivity contribution in [1.29, 1.82) is 10.5 Å². The van der Waals surface area contributed by atoms with Crippen LogP contribution in [0.3, 0.4) is 0 Å². The number of ether oxygens (including phenoxy) is 2. The minimum Gasteiger partial charge on any atom is -0.428 e. The van der Waals surface area contributed by atoms with Crippen molar-refractivity contribution in [3.05, 3.63) is 31.5 Å². The van der Waals surface area contributed by atoms with Gasteiger partial charge in [0.1, 0.15) is 13.2 Å². The molecule has 1 rings (SSSR count). The van der Waals surface area contributed by atoms with E-state index in [0.29, 0.717) is 38.5 Å². The molecule has 0 saturated carbocycles. The number of hydrogen-bond acceptors (Lipinski definition) is 7. The maximum absolute atomic E-state index is 13.1.